The fourth-order valence-electron chi connectivity index (χ4n) is 6.00. The zero-order valence-electron chi connectivity index (χ0n) is 24.2. The zero-order chi connectivity index (χ0) is 28.8. The summed E-state index contributed by atoms with van der Waals surface area (Å²) < 4.78 is 0. The van der Waals surface area contributed by atoms with Gasteiger partial charge >= 0.3 is 18.9 Å². The van der Waals surface area contributed by atoms with E-state index in [1.807, 2.05) is 54.6 Å². The van der Waals surface area contributed by atoms with Crippen molar-refractivity contribution >= 4 is 32.4 Å². The molecule has 0 atom stereocenters. The first-order valence-electron chi connectivity index (χ1n) is 14.3. The van der Waals surface area contributed by atoms with Gasteiger partial charge < -0.3 is 5.11 Å². The fraction of sp³-hybridized carbons (Fsp3) is 0. The number of aromatic amines is 1. The number of nitrogens with zero attached hydrogens (tertiary/aromatic N) is 2. The van der Waals surface area contributed by atoms with Gasteiger partial charge in [-0.2, -0.15) is 0 Å². The molecule has 5 heteroatoms. The molecule has 0 amide bonds. The Kier molecular flexibility index (Phi) is 7.16. The third-order valence-electron chi connectivity index (χ3n) is 8.05. The standard InChI is InChI=1S/C39H25N3O.Li/c43-36-20-19-31(32-16-9-21-40-38(32)36)37-30-15-8-7-14-27(30)22-28-17-18-29(23-33(28)37)39-41-34(25-10-3-1-4-11-25)24-35(42-39)26-12-5-2-6-13-26;/h1-24,43H;/q;+1. The van der Waals surface area contributed by atoms with E-state index in [4.69, 9.17) is 9.97 Å². The van der Waals surface area contributed by atoms with Crippen LogP contribution in [0.2, 0.25) is 0 Å². The van der Waals surface area contributed by atoms with E-state index in [1.54, 1.807) is 12.3 Å². The van der Waals surface area contributed by atoms with Gasteiger partial charge in [-0.15, -0.1) is 0 Å². The van der Waals surface area contributed by atoms with Crippen LogP contribution < -0.4 is 29.0 Å². The maximum atomic E-state index is 12.8. The average molecular weight is 559 g/mol. The van der Waals surface area contributed by atoms with Crippen LogP contribution in [0.4, 0.5) is 0 Å². The van der Waals surface area contributed by atoms with Crippen molar-refractivity contribution in [1.29, 1.82) is 0 Å². The fourth-order valence-corrected chi connectivity index (χ4v) is 6.00. The molecule has 6 aromatic carbocycles. The minimum absolute atomic E-state index is 0. The first kappa shape index (κ1) is 27.6. The molecule has 8 aromatic rings. The molecule has 44 heavy (non-hydrogen) atoms. The molecule has 0 bridgehead atoms. The molecular formula is C39H25LiN3O+. The molecule has 0 saturated carbocycles. The number of hydrogen-bond donors (Lipinski definition) is 0. The minimum Gasteiger partial charge on any atom is -0.868 e. The monoisotopic (exact) mass is 558 g/mol. The molecule has 0 saturated heterocycles. The van der Waals surface area contributed by atoms with Gasteiger partial charge in [-0.1, -0.05) is 109 Å². The smallest absolute Gasteiger partial charge is 0.868 e. The van der Waals surface area contributed by atoms with E-state index in [0.29, 0.717) is 11.3 Å². The Labute approximate surface area is 266 Å². The summed E-state index contributed by atoms with van der Waals surface area (Å²) >= 11 is 0. The SMILES string of the molecule is [Li+].[O-]c1ccc(-c2c3ccccc3cc3ccc(-c4nc(-c5ccccc5)cc(-c5ccccc5)n4)cc23)c2ccc[nH+]c12. The molecule has 2 aromatic heterocycles. The van der Waals surface area contributed by atoms with Gasteiger partial charge in [-0.05, 0) is 62.7 Å². The number of pyridine rings is 1. The molecule has 202 valence electrons. The van der Waals surface area contributed by atoms with Crippen molar-refractivity contribution in [3.8, 4) is 50.8 Å². The van der Waals surface area contributed by atoms with Crippen LogP contribution in [0.5, 0.6) is 5.75 Å². The average Bonchev–Trinajstić information content (AvgIpc) is 3.08. The maximum Gasteiger partial charge on any atom is 1.00 e. The van der Waals surface area contributed by atoms with Gasteiger partial charge in [0.05, 0.1) is 16.8 Å². The first-order chi connectivity index (χ1) is 21.2. The van der Waals surface area contributed by atoms with Crippen LogP contribution in [-0.2, 0) is 0 Å². The van der Waals surface area contributed by atoms with Crippen molar-refractivity contribution in [1.82, 2.24) is 9.97 Å². The second-order valence-electron chi connectivity index (χ2n) is 10.7. The van der Waals surface area contributed by atoms with Crippen molar-refractivity contribution in [2.45, 2.75) is 0 Å². The predicted molar refractivity (Wildman–Crippen MR) is 172 cm³/mol. The second kappa shape index (κ2) is 11.4. The van der Waals surface area contributed by atoms with E-state index >= 15 is 0 Å². The van der Waals surface area contributed by atoms with Gasteiger partial charge in [-0.25, -0.2) is 15.0 Å². The quantitative estimate of drug-likeness (QED) is 0.212. The van der Waals surface area contributed by atoms with Gasteiger partial charge in [0, 0.05) is 22.8 Å². The first-order valence-corrected chi connectivity index (χ1v) is 14.3. The number of benzene rings is 6. The van der Waals surface area contributed by atoms with E-state index < -0.39 is 0 Å². The Morgan fingerprint density at radius 1 is 0.500 bits per heavy atom. The number of rotatable bonds is 4. The molecule has 8 rings (SSSR count). The van der Waals surface area contributed by atoms with Crippen molar-refractivity contribution in [3.05, 3.63) is 146 Å². The molecule has 0 aliphatic heterocycles. The van der Waals surface area contributed by atoms with E-state index in [2.05, 4.69) is 83.8 Å². The van der Waals surface area contributed by atoms with Crippen LogP contribution in [0.3, 0.4) is 0 Å². The molecule has 0 unspecified atom stereocenters. The summed E-state index contributed by atoms with van der Waals surface area (Å²) in [5.41, 5.74) is 7.44. The van der Waals surface area contributed by atoms with E-state index in [-0.39, 0.29) is 24.6 Å². The molecule has 2 heterocycles. The van der Waals surface area contributed by atoms with Crippen LogP contribution in [0, 0.1) is 0 Å². The van der Waals surface area contributed by atoms with Gasteiger partial charge in [-0.3, -0.25) is 0 Å². The summed E-state index contributed by atoms with van der Waals surface area (Å²) in [5.74, 6) is 0.637. The third kappa shape index (κ3) is 4.81. The zero-order valence-corrected chi connectivity index (χ0v) is 24.2. The van der Waals surface area contributed by atoms with E-state index in [0.717, 1.165) is 66.1 Å². The van der Waals surface area contributed by atoms with Gasteiger partial charge in [0.25, 0.3) is 0 Å². The molecule has 0 aliphatic rings. The van der Waals surface area contributed by atoms with Crippen LogP contribution in [-0.4, -0.2) is 9.97 Å². The maximum absolute atomic E-state index is 12.8. The third-order valence-corrected chi connectivity index (χ3v) is 8.05. The van der Waals surface area contributed by atoms with Crippen molar-refractivity contribution in [2.24, 2.45) is 0 Å². The normalized spacial score (nSPS) is 11.1. The Balaban J connectivity index is 0.00000312. The van der Waals surface area contributed by atoms with Crippen molar-refractivity contribution in [3.63, 3.8) is 0 Å². The van der Waals surface area contributed by atoms with Crippen molar-refractivity contribution in [2.75, 3.05) is 0 Å². The second-order valence-corrected chi connectivity index (χ2v) is 10.7. The molecule has 0 radical (unpaired) electrons. The van der Waals surface area contributed by atoms with Gasteiger partial charge in [0.15, 0.2) is 12.0 Å². The summed E-state index contributed by atoms with van der Waals surface area (Å²) in [7, 11) is 0. The number of H-pyrrole nitrogens is 1. The molecule has 0 aliphatic carbocycles. The van der Waals surface area contributed by atoms with Crippen LogP contribution in [0.1, 0.15) is 0 Å². The predicted octanol–water partition coefficient (Wildman–Crippen LogP) is 5.50. The van der Waals surface area contributed by atoms with E-state index in [1.165, 1.54) is 0 Å². The summed E-state index contributed by atoms with van der Waals surface area (Å²) in [6.07, 6.45) is 1.80. The Bertz CT molecular complexity index is 2250. The molecule has 1 N–H and O–H groups in total. The summed E-state index contributed by atoms with van der Waals surface area (Å²) in [6, 6.07) is 47.2. The molecule has 0 spiro atoms. The van der Waals surface area contributed by atoms with E-state index in [9.17, 15) is 5.11 Å². The van der Waals surface area contributed by atoms with Gasteiger partial charge in [0.1, 0.15) is 0 Å². The number of hydrogen-bond acceptors (Lipinski definition) is 3. The molecule has 4 nitrogen and oxygen atoms in total. The molecular weight excluding hydrogens is 533 g/mol. The Hall–Kier alpha value is -5.27. The van der Waals surface area contributed by atoms with Crippen LogP contribution >= 0.6 is 0 Å². The number of nitrogens with one attached hydrogen (secondary N) is 1. The Morgan fingerprint density at radius 2 is 1.14 bits per heavy atom. The van der Waals surface area contributed by atoms with Crippen LogP contribution in [0.25, 0.3) is 77.5 Å². The summed E-state index contributed by atoms with van der Waals surface area (Å²) in [6.45, 7) is 0. The summed E-state index contributed by atoms with van der Waals surface area (Å²) in [4.78, 5) is 13.3. The number of aromatic nitrogens is 3. The largest absolute Gasteiger partial charge is 1.00 e. The number of fused-ring (bicyclic) bond motifs is 3. The Morgan fingerprint density at radius 3 is 1.86 bits per heavy atom. The molecule has 0 fully saturated rings. The topological polar surface area (TPSA) is 63.0 Å². The van der Waals surface area contributed by atoms with Crippen molar-refractivity contribution < 1.29 is 29.0 Å². The van der Waals surface area contributed by atoms with Gasteiger partial charge in [0.2, 0.25) is 5.52 Å². The summed E-state index contributed by atoms with van der Waals surface area (Å²) in [5, 5.41) is 18.1. The minimum atomic E-state index is -0.0239. The van der Waals surface area contributed by atoms with Crippen LogP contribution in [0.15, 0.2) is 146 Å².